The van der Waals surface area contributed by atoms with E-state index in [0.717, 1.165) is 0 Å². The first-order chi connectivity index (χ1) is 15.5. The molecule has 0 atom stereocenters. The standard InChI is InChI=1S/C30H64ClP/c1-5-9-10-11-12-13-14-15-16-17-18-19-20-21-22-23-24-25-26-27-28-29-30-32(31,6-2,7-3)8-4/h5-30H2,1-4H3. The molecule has 0 aliphatic rings. The van der Waals surface area contributed by atoms with Gasteiger partial charge in [-0.3, -0.25) is 0 Å². The van der Waals surface area contributed by atoms with Gasteiger partial charge in [0.25, 0.3) is 0 Å². The van der Waals surface area contributed by atoms with Crippen molar-refractivity contribution in [2.45, 2.75) is 169 Å². The van der Waals surface area contributed by atoms with Gasteiger partial charge in [0.2, 0.25) is 0 Å². The molecule has 0 aliphatic heterocycles. The third kappa shape index (κ3) is 18.1. The van der Waals surface area contributed by atoms with Crippen molar-refractivity contribution in [1.29, 1.82) is 0 Å². The molecule has 0 rings (SSSR count). The van der Waals surface area contributed by atoms with Crippen molar-refractivity contribution < 1.29 is 0 Å². The van der Waals surface area contributed by atoms with Crippen molar-refractivity contribution in [2.75, 3.05) is 24.6 Å². The molecular formula is C30H64ClP. The predicted octanol–water partition coefficient (Wildman–Crippen LogP) is 12.4. The van der Waals surface area contributed by atoms with Gasteiger partial charge in [-0.15, -0.1) is 0 Å². The van der Waals surface area contributed by atoms with Gasteiger partial charge in [-0.1, -0.05) is 77.6 Å². The third-order valence-electron chi connectivity index (χ3n) is 8.44. The van der Waals surface area contributed by atoms with Crippen LogP contribution in [-0.4, -0.2) is 24.6 Å². The zero-order valence-corrected chi connectivity index (χ0v) is 24.9. The summed E-state index contributed by atoms with van der Waals surface area (Å²) in [4.78, 5) is 0. The normalized spacial score (nSPS) is 13.3. The maximum atomic E-state index is 7.18. The Balaban J connectivity index is 3.24. The van der Waals surface area contributed by atoms with E-state index in [2.05, 4.69) is 27.7 Å². The van der Waals surface area contributed by atoms with E-state index in [1.54, 1.807) is 0 Å². The van der Waals surface area contributed by atoms with Crippen molar-refractivity contribution in [1.82, 2.24) is 0 Å². The van der Waals surface area contributed by atoms with E-state index in [4.69, 9.17) is 11.2 Å². The Morgan fingerprint density at radius 3 is 0.781 bits per heavy atom. The summed E-state index contributed by atoms with van der Waals surface area (Å²) in [6.45, 7) is 9.29. The Morgan fingerprint density at radius 2 is 0.562 bits per heavy atom. The molecule has 0 nitrogen and oxygen atoms in total. The fourth-order valence-electron chi connectivity index (χ4n) is 5.26. The Kier molecular flexibility index (Phi) is 22.7. The van der Waals surface area contributed by atoms with Gasteiger partial charge in [-0.05, 0) is 0 Å². The van der Waals surface area contributed by atoms with E-state index in [0.29, 0.717) is 0 Å². The number of unbranched alkanes of at least 4 members (excludes halogenated alkanes) is 21. The zero-order valence-electron chi connectivity index (χ0n) is 23.2. The fraction of sp³-hybridized carbons (Fsp3) is 1.00. The Labute approximate surface area is 210 Å². The molecule has 0 bridgehead atoms. The van der Waals surface area contributed by atoms with Crippen LogP contribution in [0.4, 0.5) is 0 Å². The Bertz CT molecular complexity index is 366. The first kappa shape index (κ1) is 32.7. The fourth-order valence-corrected chi connectivity index (χ4v) is 8.92. The summed E-state index contributed by atoms with van der Waals surface area (Å²) in [5, 5.41) is 0. The first-order valence-electron chi connectivity index (χ1n) is 15.3. The first-order valence-corrected chi connectivity index (χ1v) is 19.1. The van der Waals surface area contributed by atoms with Crippen molar-refractivity contribution in [2.24, 2.45) is 0 Å². The molecular weight excluding hydrogens is 427 g/mol. The van der Waals surface area contributed by atoms with Crippen LogP contribution in [0.1, 0.15) is 169 Å². The van der Waals surface area contributed by atoms with E-state index in [1.165, 1.54) is 166 Å². The molecule has 0 unspecified atom stereocenters. The van der Waals surface area contributed by atoms with Crippen molar-refractivity contribution in [3.8, 4) is 0 Å². The van der Waals surface area contributed by atoms with Crippen molar-refractivity contribution in [3.63, 3.8) is 0 Å². The molecule has 0 fully saturated rings. The van der Waals surface area contributed by atoms with Crippen LogP contribution in [0.15, 0.2) is 0 Å². The molecule has 0 aromatic carbocycles. The van der Waals surface area contributed by atoms with Gasteiger partial charge in [-0.25, -0.2) is 0 Å². The Hall–Kier alpha value is 0.720. The molecule has 0 amide bonds. The molecule has 2 heteroatoms. The van der Waals surface area contributed by atoms with Gasteiger partial charge < -0.3 is 0 Å². The number of halogens is 1. The van der Waals surface area contributed by atoms with Crippen molar-refractivity contribution in [3.05, 3.63) is 0 Å². The molecule has 0 aromatic heterocycles. The van der Waals surface area contributed by atoms with Gasteiger partial charge in [0.15, 0.2) is 0 Å². The minimum absolute atomic E-state index is 1.24. The van der Waals surface area contributed by atoms with E-state index < -0.39 is 5.96 Å². The Morgan fingerprint density at radius 1 is 0.344 bits per heavy atom. The second-order valence-corrected chi connectivity index (χ2v) is 19.8. The summed E-state index contributed by atoms with van der Waals surface area (Å²) in [5.41, 5.74) is 0. The monoisotopic (exact) mass is 490 g/mol. The average molecular weight is 491 g/mol. The second-order valence-electron chi connectivity index (χ2n) is 10.9. The number of hydrogen-bond acceptors (Lipinski definition) is 0. The van der Waals surface area contributed by atoms with Crippen LogP contribution in [-0.2, 0) is 0 Å². The molecule has 0 saturated carbocycles. The van der Waals surface area contributed by atoms with E-state index in [1.807, 2.05) is 0 Å². The summed E-state index contributed by atoms with van der Waals surface area (Å²) in [5.74, 6) is -1.83. The van der Waals surface area contributed by atoms with Crippen LogP contribution >= 0.6 is 17.2 Å². The maximum absolute atomic E-state index is 7.18. The molecule has 32 heavy (non-hydrogen) atoms. The average Bonchev–Trinajstić information content (AvgIpc) is 2.82. The summed E-state index contributed by atoms with van der Waals surface area (Å²) in [6, 6.07) is 0. The topological polar surface area (TPSA) is 0 Å². The van der Waals surface area contributed by atoms with Crippen LogP contribution in [0.25, 0.3) is 0 Å². The second kappa shape index (κ2) is 22.2. The molecule has 0 aliphatic carbocycles. The van der Waals surface area contributed by atoms with E-state index >= 15 is 0 Å². The van der Waals surface area contributed by atoms with Crippen LogP contribution < -0.4 is 0 Å². The quantitative estimate of drug-likeness (QED) is 0.0834. The van der Waals surface area contributed by atoms with Gasteiger partial charge in [-0.2, -0.15) is 0 Å². The van der Waals surface area contributed by atoms with Gasteiger partial charge in [0.05, 0.1) is 0 Å². The van der Waals surface area contributed by atoms with Crippen molar-refractivity contribution >= 4 is 17.2 Å². The van der Waals surface area contributed by atoms with Crippen LogP contribution in [0.3, 0.4) is 0 Å². The molecule has 0 heterocycles. The number of rotatable bonds is 26. The van der Waals surface area contributed by atoms with Crippen LogP contribution in [0.2, 0.25) is 0 Å². The molecule has 0 N–H and O–H groups in total. The van der Waals surface area contributed by atoms with Gasteiger partial charge in [0.1, 0.15) is 0 Å². The van der Waals surface area contributed by atoms with Crippen LogP contribution in [0, 0.1) is 0 Å². The number of hydrogen-bond donors (Lipinski definition) is 0. The molecule has 0 saturated heterocycles. The van der Waals surface area contributed by atoms with Gasteiger partial charge in [0, 0.05) is 0 Å². The third-order valence-corrected chi connectivity index (χ3v) is 17.3. The zero-order chi connectivity index (χ0) is 23.8. The molecule has 0 radical (unpaired) electrons. The summed E-state index contributed by atoms with van der Waals surface area (Å²) < 4.78 is 0. The molecule has 0 aromatic rings. The summed E-state index contributed by atoms with van der Waals surface area (Å²) >= 11 is 7.18. The predicted molar refractivity (Wildman–Crippen MR) is 157 cm³/mol. The summed E-state index contributed by atoms with van der Waals surface area (Å²) in [7, 11) is 0. The molecule has 0 spiro atoms. The molecule has 196 valence electrons. The van der Waals surface area contributed by atoms with E-state index in [-0.39, 0.29) is 0 Å². The van der Waals surface area contributed by atoms with Gasteiger partial charge >= 0.3 is 133 Å². The minimum atomic E-state index is -1.83. The van der Waals surface area contributed by atoms with E-state index in [9.17, 15) is 0 Å². The SMILES string of the molecule is CCCCCCCCCCCCCCCCCCCCCCCCP(Cl)(CC)(CC)CC. The summed E-state index contributed by atoms with van der Waals surface area (Å²) in [6.07, 6.45) is 37.1. The van der Waals surface area contributed by atoms with Crippen LogP contribution in [0.5, 0.6) is 0 Å².